The number of hydrogen-bond acceptors (Lipinski definition) is 2. The van der Waals surface area contributed by atoms with E-state index in [9.17, 15) is 0 Å². The Hall–Kier alpha value is -1.25. The topological polar surface area (TPSA) is 12.0 Å². The van der Waals surface area contributed by atoms with E-state index in [0.717, 1.165) is 13.1 Å². The molecule has 19 heavy (non-hydrogen) atoms. The van der Waals surface area contributed by atoms with E-state index in [1.54, 1.807) is 0 Å². The van der Waals surface area contributed by atoms with Gasteiger partial charge in [0.25, 0.3) is 0 Å². The molecule has 0 radical (unpaired) electrons. The monoisotopic (exact) mass is 271 g/mol. The van der Waals surface area contributed by atoms with Crippen molar-refractivity contribution in [3.8, 4) is 0 Å². The fraction of sp³-hybridized carbons (Fsp3) is 0.294. The lowest BCUT2D eigenvalue weighted by Crippen LogP contribution is -2.14. The van der Waals surface area contributed by atoms with Gasteiger partial charge in [0.05, 0.1) is 0 Å². The summed E-state index contributed by atoms with van der Waals surface area (Å²) >= 11 is 1.82. The lowest BCUT2D eigenvalue weighted by molar-refractivity contribution is 0.673. The van der Waals surface area contributed by atoms with Crippen molar-refractivity contribution in [3.63, 3.8) is 0 Å². The Morgan fingerprint density at radius 3 is 2.47 bits per heavy atom. The molecule has 0 spiro atoms. The van der Waals surface area contributed by atoms with Crippen LogP contribution in [0.5, 0.6) is 0 Å². The average molecular weight is 271 g/mol. The Kier molecular flexibility index (Phi) is 5.49. The van der Waals surface area contributed by atoms with Gasteiger partial charge in [-0.15, -0.1) is 0 Å². The molecule has 100 valence electrons. The minimum Gasteiger partial charge on any atom is -0.313 e. The maximum Gasteiger partial charge on any atom is 0.0208 e. The Morgan fingerprint density at radius 2 is 1.79 bits per heavy atom. The van der Waals surface area contributed by atoms with Crippen molar-refractivity contribution < 1.29 is 0 Å². The van der Waals surface area contributed by atoms with E-state index in [0.29, 0.717) is 0 Å². The predicted octanol–water partition coefficient (Wildman–Crippen LogP) is 4.65. The van der Waals surface area contributed by atoms with E-state index in [1.165, 1.54) is 27.3 Å². The first-order valence-electron chi connectivity index (χ1n) is 6.82. The van der Waals surface area contributed by atoms with Crippen LogP contribution in [0.3, 0.4) is 0 Å². The quantitative estimate of drug-likeness (QED) is 0.768. The normalized spacial score (nSPS) is 10.6. The van der Waals surface area contributed by atoms with Gasteiger partial charge in [0.2, 0.25) is 0 Å². The van der Waals surface area contributed by atoms with E-state index in [4.69, 9.17) is 0 Å². The summed E-state index contributed by atoms with van der Waals surface area (Å²) in [6.07, 6.45) is 1.18. The number of hydrogen-bond donors (Lipinski definition) is 1. The van der Waals surface area contributed by atoms with E-state index < -0.39 is 0 Å². The van der Waals surface area contributed by atoms with E-state index in [-0.39, 0.29) is 0 Å². The molecule has 1 nitrogen and oxygen atoms in total. The van der Waals surface area contributed by atoms with Crippen LogP contribution in [0.1, 0.15) is 24.5 Å². The molecule has 1 N–H and O–H groups in total. The molecule has 0 saturated heterocycles. The third kappa shape index (κ3) is 4.41. The smallest absolute Gasteiger partial charge is 0.0208 e. The van der Waals surface area contributed by atoms with Gasteiger partial charge in [-0.3, -0.25) is 0 Å². The highest BCUT2D eigenvalue weighted by molar-refractivity contribution is 7.99. The van der Waals surface area contributed by atoms with Crippen molar-refractivity contribution in [1.82, 2.24) is 5.32 Å². The SMILES string of the molecule is CCCNCc1ccc(Sc2ccccc2)cc1C. The molecule has 0 saturated carbocycles. The van der Waals surface area contributed by atoms with Gasteiger partial charge in [-0.1, -0.05) is 43.0 Å². The highest BCUT2D eigenvalue weighted by Crippen LogP contribution is 2.28. The summed E-state index contributed by atoms with van der Waals surface area (Å²) in [4.78, 5) is 2.60. The van der Waals surface area contributed by atoms with Gasteiger partial charge in [0, 0.05) is 16.3 Å². The molecule has 2 aromatic rings. The average Bonchev–Trinajstić information content (AvgIpc) is 2.43. The fourth-order valence-electron chi connectivity index (χ4n) is 1.95. The maximum atomic E-state index is 3.45. The number of nitrogens with one attached hydrogen (secondary N) is 1. The molecule has 0 aromatic heterocycles. The highest BCUT2D eigenvalue weighted by Gasteiger charge is 2.01. The summed E-state index contributed by atoms with van der Waals surface area (Å²) < 4.78 is 0. The molecule has 2 heteroatoms. The zero-order valence-corrected chi connectivity index (χ0v) is 12.5. The van der Waals surface area contributed by atoms with Crippen LogP contribution in [0.4, 0.5) is 0 Å². The zero-order chi connectivity index (χ0) is 13.5. The van der Waals surface area contributed by atoms with E-state index in [2.05, 4.69) is 67.7 Å². The van der Waals surface area contributed by atoms with Crippen molar-refractivity contribution in [2.45, 2.75) is 36.6 Å². The summed E-state index contributed by atoms with van der Waals surface area (Å²) in [5, 5.41) is 3.45. The molecular weight excluding hydrogens is 250 g/mol. The molecule has 0 fully saturated rings. The summed E-state index contributed by atoms with van der Waals surface area (Å²) in [7, 11) is 0. The van der Waals surface area contributed by atoms with Crippen molar-refractivity contribution in [3.05, 3.63) is 59.7 Å². The summed E-state index contributed by atoms with van der Waals surface area (Å²) in [6.45, 7) is 6.44. The number of rotatable bonds is 6. The van der Waals surface area contributed by atoms with Crippen LogP contribution in [-0.4, -0.2) is 6.54 Å². The second-order valence-corrected chi connectivity index (χ2v) is 5.83. The summed E-state index contributed by atoms with van der Waals surface area (Å²) in [5.74, 6) is 0. The van der Waals surface area contributed by atoms with Crippen LogP contribution in [-0.2, 0) is 6.54 Å². The first-order valence-corrected chi connectivity index (χ1v) is 7.64. The van der Waals surface area contributed by atoms with Crippen LogP contribution in [0.15, 0.2) is 58.3 Å². The van der Waals surface area contributed by atoms with Gasteiger partial charge in [0.1, 0.15) is 0 Å². The minimum atomic E-state index is 0.968. The van der Waals surface area contributed by atoms with Gasteiger partial charge >= 0.3 is 0 Å². The largest absolute Gasteiger partial charge is 0.313 e. The molecule has 0 bridgehead atoms. The Morgan fingerprint density at radius 1 is 1.00 bits per heavy atom. The van der Waals surface area contributed by atoms with Crippen LogP contribution in [0.2, 0.25) is 0 Å². The molecule has 0 aliphatic rings. The second kappa shape index (κ2) is 7.37. The third-order valence-corrected chi connectivity index (χ3v) is 4.03. The first kappa shape index (κ1) is 14.2. The first-order chi connectivity index (χ1) is 9.29. The van der Waals surface area contributed by atoms with E-state index >= 15 is 0 Å². The minimum absolute atomic E-state index is 0.968. The van der Waals surface area contributed by atoms with Crippen molar-refractivity contribution in [2.24, 2.45) is 0 Å². The van der Waals surface area contributed by atoms with Crippen LogP contribution < -0.4 is 5.32 Å². The molecule has 2 aromatic carbocycles. The molecule has 0 atom stereocenters. The molecule has 0 unspecified atom stereocenters. The van der Waals surface area contributed by atoms with Crippen molar-refractivity contribution in [1.29, 1.82) is 0 Å². The third-order valence-electron chi connectivity index (χ3n) is 3.04. The molecule has 0 aliphatic carbocycles. The Labute approximate surface area is 120 Å². The predicted molar refractivity (Wildman–Crippen MR) is 83.7 cm³/mol. The number of aryl methyl sites for hydroxylation is 1. The molecule has 0 aliphatic heterocycles. The van der Waals surface area contributed by atoms with Gasteiger partial charge in [-0.25, -0.2) is 0 Å². The zero-order valence-electron chi connectivity index (χ0n) is 11.6. The Balaban J connectivity index is 2.02. The van der Waals surface area contributed by atoms with Crippen LogP contribution in [0.25, 0.3) is 0 Å². The van der Waals surface area contributed by atoms with Gasteiger partial charge in [0.15, 0.2) is 0 Å². The molecule has 2 rings (SSSR count). The lowest BCUT2D eigenvalue weighted by Gasteiger charge is -2.09. The maximum absolute atomic E-state index is 3.45. The van der Waals surface area contributed by atoms with Gasteiger partial charge in [-0.2, -0.15) is 0 Å². The number of benzene rings is 2. The molecule has 0 amide bonds. The lowest BCUT2D eigenvalue weighted by atomic mass is 10.1. The standard InChI is InChI=1S/C17H21NS/c1-3-11-18-13-15-9-10-17(12-14(15)2)19-16-7-5-4-6-8-16/h4-10,12,18H,3,11,13H2,1-2H3. The fourth-order valence-corrected chi connectivity index (χ4v) is 2.89. The van der Waals surface area contributed by atoms with Gasteiger partial charge < -0.3 is 5.32 Å². The van der Waals surface area contributed by atoms with Gasteiger partial charge in [-0.05, 0) is 55.3 Å². The summed E-state index contributed by atoms with van der Waals surface area (Å²) in [5.41, 5.74) is 2.76. The highest BCUT2D eigenvalue weighted by atomic mass is 32.2. The molecule has 0 heterocycles. The Bertz CT molecular complexity index is 508. The summed E-state index contributed by atoms with van der Waals surface area (Å²) in [6, 6.07) is 17.2. The van der Waals surface area contributed by atoms with Crippen LogP contribution >= 0.6 is 11.8 Å². The van der Waals surface area contributed by atoms with E-state index in [1.807, 2.05) is 11.8 Å². The van der Waals surface area contributed by atoms with Crippen molar-refractivity contribution in [2.75, 3.05) is 6.54 Å². The molecular formula is C17H21NS. The van der Waals surface area contributed by atoms with Crippen LogP contribution in [0, 0.1) is 6.92 Å². The van der Waals surface area contributed by atoms with Crippen molar-refractivity contribution >= 4 is 11.8 Å². The second-order valence-electron chi connectivity index (χ2n) is 4.68.